The molecule has 1 atom stereocenters. The second-order valence-electron chi connectivity index (χ2n) is 7.55. The number of aromatic nitrogens is 2. The number of aryl methyl sites for hydroxylation is 1. The van der Waals surface area contributed by atoms with Gasteiger partial charge in [-0.1, -0.05) is 25.1 Å². The van der Waals surface area contributed by atoms with Gasteiger partial charge in [-0.3, -0.25) is 4.79 Å². The third-order valence-corrected chi connectivity index (χ3v) is 5.06. The second-order valence-corrected chi connectivity index (χ2v) is 7.55. The Morgan fingerprint density at radius 3 is 2.48 bits per heavy atom. The monoisotopic (exact) mass is 403 g/mol. The molecule has 1 unspecified atom stereocenters. The Bertz CT molecular complexity index is 845. The van der Waals surface area contributed by atoms with Crippen LogP contribution >= 0.6 is 0 Å². The van der Waals surface area contributed by atoms with E-state index in [2.05, 4.69) is 15.5 Å². The molecule has 0 aliphatic heterocycles. The summed E-state index contributed by atoms with van der Waals surface area (Å²) in [5.41, 5.74) is 0.871. The van der Waals surface area contributed by atoms with Crippen LogP contribution in [0.15, 0.2) is 16.7 Å². The number of hydrogen-bond donors (Lipinski definition) is 1. The van der Waals surface area contributed by atoms with Gasteiger partial charge in [-0.2, -0.15) is 4.98 Å². The van der Waals surface area contributed by atoms with Crippen LogP contribution in [0.25, 0.3) is 0 Å². The predicted octanol–water partition coefficient (Wildman–Crippen LogP) is 3.42. The summed E-state index contributed by atoms with van der Waals surface area (Å²) < 4.78 is 21.6. The predicted molar refractivity (Wildman–Crippen MR) is 106 cm³/mol. The Morgan fingerprint density at radius 1 is 1.17 bits per heavy atom. The number of carbonyl (C=O) groups excluding carboxylic acids is 1. The normalized spacial score (nSPS) is 14.6. The molecule has 1 aromatic carbocycles. The van der Waals surface area contributed by atoms with E-state index in [-0.39, 0.29) is 17.9 Å². The van der Waals surface area contributed by atoms with Crippen LogP contribution in [-0.2, 0) is 11.2 Å². The zero-order valence-electron chi connectivity index (χ0n) is 17.7. The lowest BCUT2D eigenvalue weighted by Crippen LogP contribution is -2.32. The van der Waals surface area contributed by atoms with E-state index in [9.17, 15) is 4.79 Å². The number of amides is 1. The van der Waals surface area contributed by atoms with Crippen molar-refractivity contribution < 1.29 is 23.5 Å². The highest BCUT2D eigenvalue weighted by molar-refractivity contribution is 5.76. The highest BCUT2D eigenvalue weighted by Crippen LogP contribution is 2.40. The van der Waals surface area contributed by atoms with Crippen LogP contribution in [0.1, 0.15) is 62.3 Å². The van der Waals surface area contributed by atoms with E-state index >= 15 is 0 Å². The number of nitrogens with one attached hydrogen (secondary N) is 1. The molecule has 1 N–H and O–H groups in total. The average molecular weight is 403 g/mol. The minimum atomic E-state index is -0.310. The highest BCUT2D eigenvalue weighted by Gasteiger charge is 2.31. The molecule has 0 saturated heterocycles. The van der Waals surface area contributed by atoms with Gasteiger partial charge in [0.1, 0.15) is 6.04 Å². The molecule has 1 aliphatic rings. The number of nitrogens with zero attached hydrogens (tertiary/aromatic N) is 2. The van der Waals surface area contributed by atoms with Crippen LogP contribution in [0, 0.1) is 5.92 Å². The maximum atomic E-state index is 12.6. The van der Waals surface area contributed by atoms with Gasteiger partial charge in [0.2, 0.25) is 17.5 Å². The Kier molecular flexibility index (Phi) is 6.61. The highest BCUT2D eigenvalue weighted by atomic mass is 16.5. The lowest BCUT2D eigenvalue weighted by molar-refractivity contribution is -0.122. The molecule has 8 nitrogen and oxygen atoms in total. The standard InChI is InChI=1S/C21H29N3O5/c1-12(2)17(21-23-20(24-29-21)14-6-7-14)22-16(25)11-9-13-8-10-15(26-3)19(28-5)18(13)27-4/h8,10,12,14,17H,6-7,9,11H2,1-5H3,(H,22,25). The summed E-state index contributed by atoms with van der Waals surface area (Å²) in [4.78, 5) is 17.1. The molecule has 0 radical (unpaired) electrons. The van der Waals surface area contributed by atoms with E-state index < -0.39 is 0 Å². The summed E-state index contributed by atoms with van der Waals surface area (Å²) >= 11 is 0. The summed E-state index contributed by atoms with van der Waals surface area (Å²) in [6.07, 6.45) is 2.99. The maximum absolute atomic E-state index is 12.6. The number of hydrogen-bond acceptors (Lipinski definition) is 7. The number of carbonyl (C=O) groups is 1. The molecule has 2 aromatic rings. The molecule has 29 heavy (non-hydrogen) atoms. The Morgan fingerprint density at radius 2 is 1.90 bits per heavy atom. The quantitative estimate of drug-likeness (QED) is 0.649. The van der Waals surface area contributed by atoms with Gasteiger partial charge in [0.25, 0.3) is 0 Å². The van der Waals surface area contributed by atoms with Gasteiger partial charge in [0, 0.05) is 12.3 Å². The fourth-order valence-electron chi connectivity index (χ4n) is 3.25. The van der Waals surface area contributed by atoms with Crippen molar-refractivity contribution in [1.82, 2.24) is 15.5 Å². The van der Waals surface area contributed by atoms with E-state index in [1.54, 1.807) is 21.3 Å². The van der Waals surface area contributed by atoms with Crippen molar-refractivity contribution in [3.8, 4) is 17.2 Å². The molecule has 1 aliphatic carbocycles. The zero-order valence-corrected chi connectivity index (χ0v) is 17.7. The fraction of sp³-hybridized carbons (Fsp3) is 0.571. The van der Waals surface area contributed by atoms with Crippen molar-refractivity contribution in [3.05, 3.63) is 29.4 Å². The summed E-state index contributed by atoms with van der Waals surface area (Å²) in [5.74, 6) is 3.34. The van der Waals surface area contributed by atoms with E-state index in [1.807, 2.05) is 26.0 Å². The van der Waals surface area contributed by atoms with Gasteiger partial charge >= 0.3 is 0 Å². The number of rotatable bonds is 10. The largest absolute Gasteiger partial charge is 0.493 e. The van der Waals surface area contributed by atoms with Gasteiger partial charge in [-0.25, -0.2) is 0 Å². The molecule has 1 saturated carbocycles. The molecule has 0 spiro atoms. The lowest BCUT2D eigenvalue weighted by atomic mass is 10.0. The topological polar surface area (TPSA) is 95.7 Å². The molecular formula is C21H29N3O5. The average Bonchev–Trinajstić information content (AvgIpc) is 3.46. The molecule has 0 bridgehead atoms. The molecule has 3 rings (SSSR count). The Hall–Kier alpha value is -2.77. The van der Waals surface area contributed by atoms with Gasteiger partial charge in [0.05, 0.1) is 21.3 Å². The lowest BCUT2D eigenvalue weighted by Gasteiger charge is -2.19. The Balaban J connectivity index is 1.66. The summed E-state index contributed by atoms with van der Waals surface area (Å²) in [6.45, 7) is 4.03. The van der Waals surface area contributed by atoms with Gasteiger partial charge < -0.3 is 24.1 Å². The first kappa shape index (κ1) is 21.0. The number of methoxy groups -OCH3 is 3. The van der Waals surface area contributed by atoms with E-state index in [4.69, 9.17) is 18.7 Å². The van der Waals surface area contributed by atoms with Crippen LogP contribution < -0.4 is 19.5 Å². The van der Waals surface area contributed by atoms with Crippen molar-refractivity contribution in [2.75, 3.05) is 21.3 Å². The van der Waals surface area contributed by atoms with Gasteiger partial charge in [-0.15, -0.1) is 0 Å². The summed E-state index contributed by atoms with van der Waals surface area (Å²) in [7, 11) is 4.70. The van der Waals surface area contributed by atoms with E-state index in [1.165, 1.54) is 0 Å². The molecule has 1 aromatic heterocycles. The fourth-order valence-corrected chi connectivity index (χ4v) is 3.25. The maximum Gasteiger partial charge on any atom is 0.249 e. The zero-order chi connectivity index (χ0) is 21.0. The first-order chi connectivity index (χ1) is 14.0. The minimum absolute atomic E-state index is 0.0910. The summed E-state index contributed by atoms with van der Waals surface area (Å²) in [6, 6.07) is 3.38. The van der Waals surface area contributed by atoms with Crippen molar-refractivity contribution in [3.63, 3.8) is 0 Å². The van der Waals surface area contributed by atoms with Crippen LogP contribution in [0.2, 0.25) is 0 Å². The summed E-state index contributed by atoms with van der Waals surface area (Å²) in [5, 5.41) is 7.09. The smallest absolute Gasteiger partial charge is 0.249 e. The first-order valence-electron chi connectivity index (χ1n) is 9.89. The van der Waals surface area contributed by atoms with Crippen LogP contribution in [0.4, 0.5) is 0 Å². The van der Waals surface area contributed by atoms with E-state index in [0.29, 0.717) is 41.9 Å². The van der Waals surface area contributed by atoms with Gasteiger partial charge in [-0.05, 0) is 36.8 Å². The molecule has 1 heterocycles. The molecule has 8 heteroatoms. The van der Waals surface area contributed by atoms with E-state index in [0.717, 1.165) is 24.2 Å². The third-order valence-electron chi connectivity index (χ3n) is 5.06. The van der Waals surface area contributed by atoms with Crippen molar-refractivity contribution in [2.24, 2.45) is 5.92 Å². The van der Waals surface area contributed by atoms with Crippen LogP contribution in [0.5, 0.6) is 17.2 Å². The SMILES string of the molecule is COc1ccc(CCC(=O)NC(c2nc(C3CC3)no2)C(C)C)c(OC)c1OC. The molecule has 1 fully saturated rings. The van der Waals surface area contributed by atoms with Crippen molar-refractivity contribution in [1.29, 1.82) is 0 Å². The molecule has 158 valence electrons. The van der Waals surface area contributed by atoms with Crippen molar-refractivity contribution >= 4 is 5.91 Å². The van der Waals surface area contributed by atoms with Crippen LogP contribution in [0.3, 0.4) is 0 Å². The van der Waals surface area contributed by atoms with Crippen molar-refractivity contribution in [2.45, 2.75) is 51.5 Å². The Labute approximate surface area is 170 Å². The minimum Gasteiger partial charge on any atom is -0.493 e. The third kappa shape index (κ3) is 4.81. The molecular weight excluding hydrogens is 374 g/mol. The number of benzene rings is 1. The molecule has 1 amide bonds. The van der Waals surface area contributed by atoms with Crippen LogP contribution in [-0.4, -0.2) is 37.4 Å². The second kappa shape index (κ2) is 9.15. The van der Waals surface area contributed by atoms with Gasteiger partial charge in [0.15, 0.2) is 17.3 Å². The number of ether oxygens (including phenoxy) is 3. The first-order valence-corrected chi connectivity index (χ1v) is 9.89.